The molecule has 1 atom stereocenters. The predicted molar refractivity (Wildman–Crippen MR) is 84.3 cm³/mol. The molecule has 0 bridgehead atoms. The molecule has 0 saturated carbocycles. The Morgan fingerprint density at radius 3 is 2.67 bits per heavy atom. The molecule has 21 heavy (non-hydrogen) atoms. The first-order valence-electron chi connectivity index (χ1n) is 7.69. The quantitative estimate of drug-likeness (QED) is 0.869. The van der Waals surface area contributed by atoms with Gasteiger partial charge in [-0.25, -0.2) is 0 Å². The molecule has 2 rings (SSSR count). The van der Waals surface area contributed by atoms with Crippen LogP contribution in [0.3, 0.4) is 0 Å². The van der Waals surface area contributed by atoms with Gasteiger partial charge in [0.05, 0.1) is 0 Å². The van der Waals surface area contributed by atoms with E-state index in [9.17, 15) is 4.79 Å². The molecule has 1 saturated heterocycles. The predicted octanol–water partition coefficient (Wildman–Crippen LogP) is 1.81. The second-order valence-electron chi connectivity index (χ2n) is 5.95. The van der Waals surface area contributed by atoms with Crippen LogP contribution < -0.4 is 10.6 Å². The molecule has 1 heterocycles. The van der Waals surface area contributed by atoms with Gasteiger partial charge in [0.1, 0.15) is 5.60 Å². The van der Waals surface area contributed by atoms with Crippen LogP contribution in [0.2, 0.25) is 0 Å². The number of methoxy groups -OCH3 is 1. The van der Waals surface area contributed by atoms with Crippen molar-refractivity contribution in [1.82, 2.24) is 10.6 Å². The number of rotatable bonds is 5. The monoisotopic (exact) mass is 290 g/mol. The van der Waals surface area contributed by atoms with Crippen LogP contribution in [-0.2, 0) is 16.0 Å². The number of hydrogen-bond donors (Lipinski definition) is 2. The van der Waals surface area contributed by atoms with Crippen LogP contribution in [0, 0.1) is 6.92 Å². The first-order valence-corrected chi connectivity index (χ1v) is 7.69. The molecule has 4 heteroatoms. The van der Waals surface area contributed by atoms with E-state index in [1.54, 1.807) is 7.11 Å². The van der Waals surface area contributed by atoms with Gasteiger partial charge in [0, 0.05) is 13.2 Å². The highest BCUT2D eigenvalue weighted by molar-refractivity contribution is 5.85. The highest BCUT2D eigenvalue weighted by Gasteiger charge is 2.40. The second kappa shape index (κ2) is 7.05. The smallest absolute Gasteiger partial charge is 0.252 e. The van der Waals surface area contributed by atoms with Gasteiger partial charge < -0.3 is 15.4 Å². The van der Waals surface area contributed by atoms with Gasteiger partial charge >= 0.3 is 0 Å². The van der Waals surface area contributed by atoms with Crippen molar-refractivity contribution in [3.63, 3.8) is 0 Å². The third-order valence-corrected chi connectivity index (χ3v) is 4.38. The summed E-state index contributed by atoms with van der Waals surface area (Å²) in [6, 6.07) is 8.40. The molecule has 1 fully saturated rings. The van der Waals surface area contributed by atoms with Crippen LogP contribution in [0.1, 0.15) is 30.9 Å². The molecular weight excluding hydrogens is 264 g/mol. The normalized spacial score (nSPS) is 19.0. The van der Waals surface area contributed by atoms with E-state index in [0.29, 0.717) is 0 Å². The van der Waals surface area contributed by atoms with Gasteiger partial charge in [-0.15, -0.1) is 0 Å². The molecule has 1 aromatic rings. The number of carbonyl (C=O) groups excluding carboxylic acids is 1. The third-order valence-electron chi connectivity index (χ3n) is 4.38. The Morgan fingerprint density at radius 2 is 2.05 bits per heavy atom. The minimum Gasteiger partial charge on any atom is -0.368 e. The van der Waals surface area contributed by atoms with Crippen molar-refractivity contribution < 1.29 is 9.53 Å². The SMILES string of the molecule is COC1(C(=O)NC(C)Cc2ccccc2C)CCNCC1. The second-order valence-corrected chi connectivity index (χ2v) is 5.95. The molecule has 0 aromatic heterocycles. The topological polar surface area (TPSA) is 50.4 Å². The Hall–Kier alpha value is -1.39. The summed E-state index contributed by atoms with van der Waals surface area (Å²) in [5, 5.41) is 6.39. The number of benzene rings is 1. The van der Waals surface area contributed by atoms with Crippen molar-refractivity contribution in [2.45, 2.75) is 44.8 Å². The Kier molecular flexibility index (Phi) is 5.37. The maximum Gasteiger partial charge on any atom is 0.252 e. The Bertz CT molecular complexity index is 481. The van der Waals surface area contributed by atoms with Gasteiger partial charge in [0.25, 0.3) is 5.91 Å². The van der Waals surface area contributed by atoms with Gasteiger partial charge in [-0.3, -0.25) is 4.79 Å². The van der Waals surface area contributed by atoms with Crippen molar-refractivity contribution in [1.29, 1.82) is 0 Å². The molecular formula is C17H26N2O2. The molecule has 116 valence electrons. The first-order chi connectivity index (χ1) is 10.1. The summed E-state index contributed by atoms with van der Waals surface area (Å²) in [6.07, 6.45) is 2.30. The summed E-state index contributed by atoms with van der Waals surface area (Å²) in [5.41, 5.74) is 1.88. The van der Waals surface area contributed by atoms with Crippen LogP contribution >= 0.6 is 0 Å². The summed E-state index contributed by atoms with van der Waals surface area (Å²) < 4.78 is 5.56. The molecule has 0 radical (unpaired) electrons. The molecule has 1 unspecified atom stereocenters. The van der Waals surface area contributed by atoms with Crippen molar-refractivity contribution in [3.05, 3.63) is 35.4 Å². The van der Waals surface area contributed by atoms with Crippen LogP contribution in [0.25, 0.3) is 0 Å². The minimum absolute atomic E-state index is 0.0209. The number of hydrogen-bond acceptors (Lipinski definition) is 3. The Balaban J connectivity index is 1.97. The summed E-state index contributed by atoms with van der Waals surface area (Å²) in [6.45, 7) is 5.81. The summed E-state index contributed by atoms with van der Waals surface area (Å²) >= 11 is 0. The average molecular weight is 290 g/mol. The maximum atomic E-state index is 12.6. The van der Waals surface area contributed by atoms with E-state index in [-0.39, 0.29) is 11.9 Å². The van der Waals surface area contributed by atoms with Crippen molar-refractivity contribution >= 4 is 5.91 Å². The zero-order chi connectivity index (χ0) is 15.3. The summed E-state index contributed by atoms with van der Waals surface area (Å²) in [4.78, 5) is 12.6. The molecule has 4 nitrogen and oxygen atoms in total. The van der Waals surface area contributed by atoms with E-state index in [4.69, 9.17) is 4.74 Å². The number of nitrogens with one attached hydrogen (secondary N) is 2. The lowest BCUT2D eigenvalue weighted by molar-refractivity contribution is -0.147. The number of piperidine rings is 1. The standard InChI is InChI=1S/C17H26N2O2/c1-13-6-4-5-7-15(13)12-14(2)19-16(20)17(21-3)8-10-18-11-9-17/h4-7,14,18H,8-12H2,1-3H3,(H,19,20). The van der Waals surface area contributed by atoms with E-state index < -0.39 is 5.60 Å². The van der Waals surface area contributed by atoms with Gasteiger partial charge in [-0.05, 0) is 57.3 Å². The van der Waals surface area contributed by atoms with E-state index in [1.807, 2.05) is 12.1 Å². The average Bonchev–Trinajstić information content (AvgIpc) is 2.50. The van der Waals surface area contributed by atoms with Crippen molar-refractivity contribution in [3.8, 4) is 0 Å². The van der Waals surface area contributed by atoms with Gasteiger partial charge in [0.15, 0.2) is 0 Å². The molecule has 0 spiro atoms. The molecule has 1 aromatic carbocycles. The van der Waals surface area contributed by atoms with Crippen LogP contribution in [0.5, 0.6) is 0 Å². The largest absolute Gasteiger partial charge is 0.368 e. The fourth-order valence-electron chi connectivity index (χ4n) is 2.93. The molecule has 1 aliphatic heterocycles. The fourth-order valence-corrected chi connectivity index (χ4v) is 2.93. The van der Waals surface area contributed by atoms with Crippen LogP contribution in [0.15, 0.2) is 24.3 Å². The lowest BCUT2D eigenvalue weighted by Gasteiger charge is -2.35. The van der Waals surface area contributed by atoms with Gasteiger partial charge in [-0.1, -0.05) is 24.3 Å². The van der Waals surface area contributed by atoms with E-state index >= 15 is 0 Å². The highest BCUT2D eigenvalue weighted by atomic mass is 16.5. The molecule has 2 N–H and O–H groups in total. The van der Waals surface area contributed by atoms with E-state index in [0.717, 1.165) is 32.4 Å². The van der Waals surface area contributed by atoms with Crippen LogP contribution in [-0.4, -0.2) is 37.7 Å². The number of ether oxygens (including phenoxy) is 1. The van der Waals surface area contributed by atoms with Crippen molar-refractivity contribution in [2.24, 2.45) is 0 Å². The Labute approximate surface area is 127 Å². The lowest BCUT2D eigenvalue weighted by atomic mass is 9.90. The molecule has 0 aliphatic carbocycles. The third kappa shape index (κ3) is 3.83. The summed E-state index contributed by atoms with van der Waals surface area (Å²) in [7, 11) is 1.64. The van der Waals surface area contributed by atoms with Crippen molar-refractivity contribution in [2.75, 3.05) is 20.2 Å². The molecule has 1 amide bonds. The fraction of sp³-hybridized carbons (Fsp3) is 0.588. The zero-order valence-corrected chi connectivity index (χ0v) is 13.2. The summed E-state index contributed by atoms with van der Waals surface area (Å²) in [5.74, 6) is 0.0209. The number of carbonyl (C=O) groups is 1. The number of amides is 1. The lowest BCUT2D eigenvalue weighted by Crippen LogP contribution is -2.55. The number of aryl methyl sites for hydroxylation is 1. The first kappa shape index (κ1) is 16.0. The van der Waals surface area contributed by atoms with Gasteiger partial charge in [0.2, 0.25) is 0 Å². The zero-order valence-electron chi connectivity index (χ0n) is 13.2. The Morgan fingerprint density at radius 1 is 1.38 bits per heavy atom. The maximum absolute atomic E-state index is 12.6. The van der Waals surface area contributed by atoms with E-state index in [1.165, 1.54) is 11.1 Å². The minimum atomic E-state index is -0.661. The van der Waals surface area contributed by atoms with Crippen LogP contribution in [0.4, 0.5) is 0 Å². The van der Waals surface area contributed by atoms with E-state index in [2.05, 4.69) is 36.6 Å². The highest BCUT2D eigenvalue weighted by Crippen LogP contribution is 2.23. The molecule has 1 aliphatic rings. The van der Waals surface area contributed by atoms with Gasteiger partial charge in [-0.2, -0.15) is 0 Å².